The van der Waals surface area contributed by atoms with Gasteiger partial charge in [-0.3, -0.25) is 4.79 Å². The molecule has 0 radical (unpaired) electrons. The summed E-state index contributed by atoms with van der Waals surface area (Å²) in [6.07, 6.45) is 4.84. The van der Waals surface area contributed by atoms with Crippen LogP contribution in [0, 0.1) is 17.8 Å². The van der Waals surface area contributed by atoms with E-state index in [2.05, 4.69) is 5.32 Å². The number of rotatable bonds is 5. The molecular formula is C14H26N2O2. The van der Waals surface area contributed by atoms with E-state index in [1.165, 1.54) is 19.3 Å². The van der Waals surface area contributed by atoms with Gasteiger partial charge in [-0.05, 0) is 52.1 Å². The van der Waals surface area contributed by atoms with Crippen molar-refractivity contribution in [1.29, 1.82) is 0 Å². The molecule has 1 amide bonds. The number of hydrogen-bond donors (Lipinski definition) is 2. The van der Waals surface area contributed by atoms with E-state index in [1.807, 2.05) is 19.0 Å². The summed E-state index contributed by atoms with van der Waals surface area (Å²) >= 11 is 0. The SMILES string of the molecule is CN(C)CC(C)(O)CNC(=O)C1CC2CCC1C2. The molecule has 4 unspecified atom stereocenters. The lowest BCUT2D eigenvalue weighted by Crippen LogP contribution is -2.48. The second kappa shape index (κ2) is 5.17. The van der Waals surface area contributed by atoms with Crippen LogP contribution in [0.1, 0.15) is 32.6 Å². The number of aliphatic hydroxyl groups is 1. The van der Waals surface area contributed by atoms with Gasteiger partial charge in [0.2, 0.25) is 5.91 Å². The van der Waals surface area contributed by atoms with Crippen LogP contribution in [0.25, 0.3) is 0 Å². The quantitative estimate of drug-likeness (QED) is 0.765. The van der Waals surface area contributed by atoms with Crippen molar-refractivity contribution in [2.24, 2.45) is 17.8 Å². The van der Waals surface area contributed by atoms with Gasteiger partial charge in [0.25, 0.3) is 0 Å². The molecular weight excluding hydrogens is 228 g/mol. The van der Waals surface area contributed by atoms with Gasteiger partial charge in [-0.15, -0.1) is 0 Å². The average molecular weight is 254 g/mol. The van der Waals surface area contributed by atoms with Gasteiger partial charge < -0.3 is 15.3 Å². The van der Waals surface area contributed by atoms with Gasteiger partial charge in [-0.2, -0.15) is 0 Å². The maximum atomic E-state index is 12.1. The summed E-state index contributed by atoms with van der Waals surface area (Å²) in [4.78, 5) is 14.1. The smallest absolute Gasteiger partial charge is 0.223 e. The van der Waals surface area contributed by atoms with Crippen molar-refractivity contribution in [3.63, 3.8) is 0 Å². The van der Waals surface area contributed by atoms with E-state index in [0.717, 1.165) is 12.3 Å². The molecule has 4 atom stereocenters. The first-order chi connectivity index (χ1) is 8.37. The molecule has 0 aliphatic heterocycles. The van der Waals surface area contributed by atoms with Crippen LogP contribution in [-0.4, -0.2) is 48.7 Å². The van der Waals surface area contributed by atoms with Crippen molar-refractivity contribution in [2.75, 3.05) is 27.2 Å². The van der Waals surface area contributed by atoms with Crippen molar-refractivity contribution < 1.29 is 9.90 Å². The molecule has 0 aromatic rings. The van der Waals surface area contributed by atoms with E-state index in [4.69, 9.17) is 0 Å². The molecule has 2 fully saturated rings. The minimum absolute atomic E-state index is 0.154. The van der Waals surface area contributed by atoms with E-state index < -0.39 is 5.60 Å². The lowest BCUT2D eigenvalue weighted by atomic mass is 9.88. The highest BCUT2D eigenvalue weighted by Gasteiger charge is 2.43. The molecule has 4 nitrogen and oxygen atoms in total. The van der Waals surface area contributed by atoms with Crippen molar-refractivity contribution in [3.8, 4) is 0 Å². The second-order valence-electron chi connectivity index (χ2n) is 6.73. The molecule has 0 heterocycles. The minimum Gasteiger partial charge on any atom is -0.387 e. The topological polar surface area (TPSA) is 52.6 Å². The summed E-state index contributed by atoms with van der Waals surface area (Å²) in [6, 6.07) is 0. The highest BCUT2D eigenvalue weighted by atomic mass is 16.3. The highest BCUT2D eigenvalue weighted by Crippen LogP contribution is 2.48. The third-order valence-corrected chi connectivity index (χ3v) is 4.38. The van der Waals surface area contributed by atoms with Crippen molar-refractivity contribution in [2.45, 2.75) is 38.2 Å². The van der Waals surface area contributed by atoms with Crippen LogP contribution < -0.4 is 5.32 Å². The number of carbonyl (C=O) groups excluding carboxylic acids is 1. The number of hydrogen-bond acceptors (Lipinski definition) is 3. The maximum absolute atomic E-state index is 12.1. The Balaban J connectivity index is 1.78. The predicted octanol–water partition coefficient (Wildman–Crippen LogP) is 0.851. The van der Waals surface area contributed by atoms with Crippen LogP contribution >= 0.6 is 0 Å². The van der Waals surface area contributed by atoms with Gasteiger partial charge in [-0.25, -0.2) is 0 Å². The third-order valence-electron chi connectivity index (χ3n) is 4.38. The molecule has 2 bridgehead atoms. The van der Waals surface area contributed by atoms with Gasteiger partial charge in [0.1, 0.15) is 0 Å². The molecule has 18 heavy (non-hydrogen) atoms. The zero-order chi connectivity index (χ0) is 13.3. The fourth-order valence-corrected chi connectivity index (χ4v) is 3.71. The first-order valence-corrected chi connectivity index (χ1v) is 7.02. The third kappa shape index (κ3) is 3.23. The standard InChI is InChI=1S/C14H26N2O2/c1-14(18,9-16(2)3)8-15-13(17)12-7-10-4-5-11(12)6-10/h10-12,18H,4-9H2,1-3H3,(H,15,17). The van der Waals surface area contributed by atoms with Crippen molar-refractivity contribution >= 4 is 5.91 Å². The van der Waals surface area contributed by atoms with E-state index >= 15 is 0 Å². The largest absolute Gasteiger partial charge is 0.387 e. The lowest BCUT2D eigenvalue weighted by molar-refractivity contribution is -0.127. The normalized spacial score (nSPS) is 33.7. The molecule has 0 saturated heterocycles. The summed E-state index contributed by atoms with van der Waals surface area (Å²) < 4.78 is 0. The highest BCUT2D eigenvalue weighted by molar-refractivity contribution is 5.79. The van der Waals surface area contributed by atoms with E-state index in [-0.39, 0.29) is 11.8 Å². The van der Waals surface area contributed by atoms with Gasteiger partial charge in [-0.1, -0.05) is 6.42 Å². The molecule has 4 heteroatoms. The molecule has 2 rings (SSSR count). The molecule has 2 aliphatic rings. The molecule has 0 aromatic carbocycles. The van der Waals surface area contributed by atoms with Crippen LogP contribution in [0.15, 0.2) is 0 Å². The molecule has 2 saturated carbocycles. The molecule has 0 spiro atoms. The summed E-state index contributed by atoms with van der Waals surface area (Å²) in [6.45, 7) is 2.68. The molecule has 2 aliphatic carbocycles. The summed E-state index contributed by atoms with van der Waals surface area (Å²) in [5, 5.41) is 13.1. The summed E-state index contributed by atoms with van der Waals surface area (Å²) in [7, 11) is 3.85. The Labute approximate surface area is 110 Å². The Morgan fingerprint density at radius 2 is 2.11 bits per heavy atom. The Hall–Kier alpha value is -0.610. The predicted molar refractivity (Wildman–Crippen MR) is 71.1 cm³/mol. The summed E-state index contributed by atoms with van der Waals surface area (Å²) in [5.74, 6) is 1.75. The van der Waals surface area contributed by atoms with E-state index in [0.29, 0.717) is 19.0 Å². The van der Waals surface area contributed by atoms with Gasteiger partial charge in [0.15, 0.2) is 0 Å². The number of nitrogens with zero attached hydrogens (tertiary/aromatic N) is 1. The van der Waals surface area contributed by atoms with Crippen LogP contribution in [0.4, 0.5) is 0 Å². The van der Waals surface area contributed by atoms with E-state index in [1.54, 1.807) is 6.92 Å². The second-order valence-corrected chi connectivity index (χ2v) is 6.73. The van der Waals surface area contributed by atoms with E-state index in [9.17, 15) is 9.90 Å². The number of likely N-dealkylation sites (N-methyl/N-ethyl adjacent to an activating group) is 1. The number of amides is 1. The first-order valence-electron chi connectivity index (χ1n) is 7.02. The summed E-state index contributed by atoms with van der Waals surface area (Å²) in [5.41, 5.74) is -0.850. The zero-order valence-corrected chi connectivity index (χ0v) is 11.8. The minimum atomic E-state index is -0.850. The Morgan fingerprint density at radius 1 is 1.39 bits per heavy atom. The van der Waals surface area contributed by atoms with Gasteiger partial charge in [0, 0.05) is 19.0 Å². The average Bonchev–Trinajstić information content (AvgIpc) is 2.85. The number of fused-ring (bicyclic) bond motifs is 2. The Kier molecular flexibility index (Phi) is 3.97. The fourth-order valence-electron chi connectivity index (χ4n) is 3.71. The molecule has 104 valence electrons. The zero-order valence-electron chi connectivity index (χ0n) is 11.8. The van der Waals surface area contributed by atoms with Crippen LogP contribution in [0.5, 0.6) is 0 Å². The molecule has 0 aromatic heterocycles. The Morgan fingerprint density at radius 3 is 2.61 bits per heavy atom. The molecule has 2 N–H and O–H groups in total. The number of carbonyl (C=O) groups is 1. The monoisotopic (exact) mass is 254 g/mol. The van der Waals surface area contributed by atoms with Crippen LogP contribution in [-0.2, 0) is 4.79 Å². The fraction of sp³-hybridized carbons (Fsp3) is 0.929. The van der Waals surface area contributed by atoms with Crippen LogP contribution in [0.2, 0.25) is 0 Å². The lowest BCUT2D eigenvalue weighted by Gasteiger charge is -2.28. The van der Waals surface area contributed by atoms with Gasteiger partial charge >= 0.3 is 0 Å². The van der Waals surface area contributed by atoms with Crippen molar-refractivity contribution in [1.82, 2.24) is 10.2 Å². The van der Waals surface area contributed by atoms with Gasteiger partial charge in [0.05, 0.1) is 5.60 Å². The van der Waals surface area contributed by atoms with Crippen LogP contribution in [0.3, 0.4) is 0 Å². The Bertz CT molecular complexity index is 315. The first kappa shape index (κ1) is 13.8. The maximum Gasteiger partial charge on any atom is 0.223 e. The number of nitrogens with one attached hydrogen (secondary N) is 1. The van der Waals surface area contributed by atoms with Crippen molar-refractivity contribution in [3.05, 3.63) is 0 Å².